The number of nitrogens with zero attached hydrogens (tertiary/aromatic N) is 1. The van der Waals surface area contributed by atoms with Gasteiger partial charge in [0.15, 0.2) is 5.78 Å². The van der Waals surface area contributed by atoms with E-state index in [1.165, 1.54) is 0 Å². The lowest BCUT2D eigenvalue weighted by atomic mass is 9.85. The second kappa shape index (κ2) is 4.57. The van der Waals surface area contributed by atoms with Gasteiger partial charge in [0.05, 0.1) is 5.57 Å². The average Bonchev–Trinajstić information content (AvgIpc) is 3.00. The number of ketones is 1. The third kappa shape index (κ3) is 1.79. The number of carbonyl (C=O) groups excluding carboxylic acids is 2. The van der Waals surface area contributed by atoms with Gasteiger partial charge < -0.3 is 4.90 Å². The Morgan fingerprint density at radius 1 is 1.15 bits per heavy atom. The lowest BCUT2D eigenvalue weighted by Crippen LogP contribution is -2.44. The van der Waals surface area contributed by atoms with Gasteiger partial charge in [-0.1, -0.05) is 18.2 Å². The van der Waals surface area contributed by atoms with Gasteiger partial charge >= 0.3 is 0 Å². The maximum Gasteiger partial charge on any atom is 0.257 e. The third-order valence-electron chi connectivity index (χ3n) is 5.03. The lowest BCUT2D eigenvalue weighted by Gasteiger charge is -2.31. The number of rotatable bonds is 3. The fourth-order valence-electron chi connectivity index (χ4n) is 4.29. The van der Waals surface area contributed by atoms with Gasteiger partial charge in [-0.2, -0.15) is 0 Å². The molecule has 0 heterocycles. The highest BCUT2D eigenvalue weighted by Gasteiger charge is 2.52. The van der Waals surface area contributed by atoms with Crippen molar-refractivity contribution < 1.29 is 9.59 Å². The quantitative estimate of drug-likeness (QED) is 0.585. The Labute approximate surface area is 120 Å². The summed E-state index contributed by atoms with van der Waals surface area (Å²) in [6, 6.07) is 0.234. The number of carbonyl (C=O) groups is 2. The second-order valence-electron chi connectivity index (χ2n) is 6.90. The van der Waals surface area contributed by atoms with Gasteiger partial charge in [-0.15, -0.1) is 0 Å². The molecular weight excluding hydrogens is 250 g/mol. The van der Waals surface area contributed by atoms with Gasteiger partial charge in [0.25, 0.3) is 5.91 Å². The molecule has 3 heteroatoms. The van der Waals surface area contributed by atoms with E-state index >= 15 is 0 Å². The Hall–Kier alpha value is -1.38. The molecule has 1 fully saturated rings. The molecule has 20 heavy (non-hydrogen) atoms. The predicted molar refractivity (Wildman–Crippen MR) is 77.9 cm³/mol. The molecule has 0 aliphatic heterocycles. The standard InChI is InChI=1S/C17H23NO2/c1-9(2)18(10(3)4)17(20)14-8-13-11-5-6-12(7-11)15(13)16(14)19/h5-6,8-13,15H,7H2,1-4H3/t11-,12+,13+,15-/m1/s1. The highest BCUT2D eigenvalue weighted by molar-refractivity contribution is 6.22. The minimum atomic E-state index is -0.0752. The minimum absolute atomic E-state index is 0.0464. The highest BCUT2D eigenvalue weighted by Crippen LogP contribution is 2.53. The van der Waals surface area contributed by atoms with Gasteiger partial charge in [-0.3, -0.25) is 9.59 Å². The van der Waals surface area contributed by atoms with Crippen molar-refractivity contribution in [3.63, 3.8) is 0 Å². The van der Waals surface area contributed by atoms with Crippen molar-refractivity contribution in [3.05, 3.63) is 23.8 Å². The van der Waals surface area contributed by atoms with Gasteiger partial charge in [0, 0.05) is 18.0 Å². The zero-order valence-electron chi connectivity index (χ0n) is 12.7. The Morgan fingerprint density at radius 2 is 1.75 bits per heavy atom. The van der Waals surface area contributed by atoms with E-state index < -0.39 is 0 Å². The molecule has 0 N–H and O–H groups in total. The Bertz CT molecular complexity index is 507. The molecule has 0 aromatic carbocycles. The van der Waals surface area contributed by atoms with Crippen molar-refractivity contribution in [2.45, 2.75) is 46.2 Å². The van der Waals surface area contributed by atoms with E-state index in [9.17, 15) is 9.59 Å². The Kier molecular flexibility index (Phi) is 3.11. The lowest BCUT2D eigenvalue weighted by molar-refractivity contribution is -0.133. The van der Waals surface area contributed by atoms with Crippen molar-refractivity contribution in [2.75, 3.05) is 0 Å². The number of Topliss-reactive ketones (excluding diaryl/α,β-unsaturated/α-hetero) is 1. The molecular formula is C17H23NO2. The topological polar surface area (TPSA) is 37.4 Å². The molecule has 108 valence electrons. The van der Waals surface area contributed by atoms with Crippen LogP contribution in [0, 0.1) is 23.7 Å². The van der Waals surface area contributed by atoms with Crippen molar-refractivity contribution in [2.24, 2.45) is 23.7 Å². The van der Waals surface area contributed by atoms with Gasteiger partial charge in [-0.25, -0.2) is 0 Å². The molecule has 4 atom stereocenters. The number of allylic oxidation sites excluding steroid dienone is 3. The first-order valence-electron chi connectivity index (χ1n) is 7.68. The van der Waals surface area contributed by atoms with Gasteiger partial charge in [0.2, 0.25) is 0 Å². The van der Waals surface area contributed by atoms with Gasteiger partial charge in [0.1, 0.15) is 0 Å². The summed E-state index contributed by atoms with van der Waals surface area (Å²) >= 11 is 0. The number of hydrogen-bond acceptors (Lipinski definition) is 2. The number of amides is 1. The summed E-state index contributed by atoms with van der Waals surface area (Å²) in [5.74, 6) is 1.18. The fourth-order valence-corrected chi connectivity index (χ4v) is 4.29. The molecule has 1 amide bonds. The molecule has 3 aliphatic rings. The molecule has 3 rings (SSSR count). The van der Waals surface area contributed by atoms with E-state index in [0.29, 0.717) is 17.4 Å². The molecule has 0 radical (unpaired) electrons. The zero-order chi connectivity index (χ0) is 14.6. The first-order chi connectivity index (χ1) is 9.41. The molecule has 0 aromatic rings. The van der Waals surface area contributed by atoms with Crippen LogP contribution in [0.5, 0.6) is 0 Å². The molecule has 2 bridgehead atoms. The fraction of sp³-hybridized carbons (Fsp3) is 0.647. The smallest absolute Gasteiger partial charge is 0.257 e. The van der Waals surface area contributed by atoms with Crippen LogP contribution in [0.15, 0.2) is 23.8 Å². The van der Waals surface area contributed by atoms with E-state index in [1.54, 1.807) is 0 Å². The molecule has 0 saturated heterocycles. The average molecular weight is 273 g/mol. The maximum atomic E-state index is 12.7. The summed E-state index contributed by atoms with van der Waals surface area (Å²) in [6.07, 6.45) is 7.47. The SMILES string of the molecule is CC(C)N(C(=O)C1=C[C@@H]2[C@H](C1=O)[C@H]1C=C[C@@H]2C1)C(C)C. The summed E-state index contributed by atoms with van der Waals surface area (Å²) in [7, 11) is 0. The van der Waals surface area contributed by atoms with Crippen LogP contribution < -0.4 is 0 Å². The largest absolute Gasteiger partial charge is 0.334 e. The monoisotopic (exact) mass is 273 g/mol. The Balaban J connectivity index is 1.87. The highest BCUT2D eigenvalue weighted by atomic mass is 16.2. The van der Waals surface area contributed by atoms with Crippen molar-refractivity contribution >= 4 is 11.7 Å². The van der Waals surface area contributed by atoms with Crippen LogP contribution in [0.2, 0.25) is 0 Å². The summed E-state index contributed by atoms with van der Waals surface area (Å²) < 4.78 is 0. The van der Waals surface area contributed by atoms with Crippen LogP contribution in [0.25, 0.3) is 0 Å². The second-order valence-corrected chi connectivity index (χ2v) is 6.90. The van der Waals surface area contributed by atoms with Crippen molar-refractivity contribution in [3.8, 4) is 0 Å². The number of fused-ring (bicyclic) bond motifs is 5. The van der Waals surface area contributed by atoms with Crippen LogP contribution in [0.4, 0.5) is 0 Å². The van der Waals surface area contributed by atoms with E-state index in [0.717, 1.165) is 6.42 Å². The first-order valence-corrected chi connectivity index (χ1v) is 7.68. The summed E-state index contributed by atoms with van der Waals surface area (Å²) in [4.78, 5) is 27.2. The zero-order valence-corrected chi connectivity index (χ0v) is 12.7. The van der Waals surface area contributed by atoms with E-state index in [4.69, 9.17) is 0 Å². The van der Waals surface area contributed by atoms with Crippen LogP contribution in [0.1, 0.15) is 34.1 Å². The van der Waals surface area contributed by atoms with Crippen LogP contribution >= 0.6 is 0 Å². The van der Waals surface area contributed by atoms with E-state index in [-0.39, 0.29) is 35.6 Å². The van der Waals surface area contributed by atoms with E-state index in [2.05, 4.69) is 12.2 Å². The molecule has 0 spiro atoms. The van der Waals surface area contributed by atoms with E-state index in [1.807, 2.05) is 38.7 Å². The summed E-state index contributed by atoms with van der Waals surface area (Å²) in [5, 5.41) is 0. The Morgan fingerprint density at radius 3 is 2.30 bits per heavy atom. The van der Waals surface area contributed by atoms with Gasteiger partial charge in [-0.05, 0) is 51.9 Å². The summed E-state index contributed by atoms with van der Waals surface area (Å²) in [5.41, 5.74) is 0.445. The van der Waals surface area contributed by atoms with Crippen molar-refractivity contribution in [1.29, 1.82) is 0 Å². The summed E-state index contributed by atoms with van der Waals surface area (Å²) in [6.45, 7) is 8.02. The molecule has 1 saturated carbocycles. The van der Waals surface area contributed by atoms with Crippen molar-refractivity contribution in [1.82, 2.24) is 4.90 Å². The molecule has 0 aromatic heterocycles. The predicted octanol–water partition coefficient (Wildman–Crippen LogP) is 2.58. The normalized spacial score (nSPS) is 34.1. The molecule has 3 aliphatic carbocycles. The maximum absolute atomic E-state index is 12.7. The van der Waals surface area contributed by atoms with Crippen LogP contribution in [-0.4, -0.2) is 28.7 Å². The van der Waals surface area contributed by atoms with Crippen LogP contribution in [0.3, 0.4) is 0 Å². The third-order valence-corrected chi connectivity index (χ3v) is 5.03. The minimum Gasteiger partial charge on any atom is -0.334 e. The van der Waals surface area contributed by atoms with Crippen LogP contribution in [-0.2, 0) is 9.59 Å². The molecule has 3 nitrogen and oxygen atoms in total. The molecule has 0 unspecified atom stereocenters. The number of hydrogen-bond donors (Lipinski definition) is 0. The first kappa shape index (κ1) is 13.6.